The molecule has 3 aromatic carbocycles. The Morgan fingerprint density at radius 2 is 1.63 bits per heavy atom. The Hall–Kier alpha value is -2.82. The van der Waals surface area contributed by atoms with Crippen LogP contribution in [0.2, 0.25) is 0 Å². The van der Waals surface area contributed by atoms with Gasteiger partial charge in [0.1, 0.15) is 5.82 Å². The van der Waals surface area contributed by atoms with Crippen molar-refractivity contribution < 1.29 is 4.39 Å². The van der Waals surface area contributed by atoms with E-state index in [0.29, 0.717) is 5.88 Å². The van der Waals surface area contributed by atoms with Gasteiger partial charge < -0.3 is 0 Å². The first kappa shape index (κ1) is 19.0. The fourth-order valence-electron chi connectivity index (χ4n) is 2.80. The smallest absolute Gasteiger partial charge is 0.123 e. The molecule has 1 atom stereocenters. The summed E-state index contributed by atoms with van der Waals surface area (Å²) in [5.41, 5.74) is 5.13. The van der Waals surface area contributed by atoms with Crippen LogP contribution >= 0.6 is 11.6 Å². The Labute approximate surface area is 165 Å². The van der Waals surface area contributed by atoms with Gasteiger partial charge in [0, 0.05) is 11.4 Å². The number of rotatable bonds is 4. The zero-order chi connectivity index (χ0) is 19.1. The molecule has 3 rings (SSSR count). The summed E-state index contributed by atoms with van der Waals surface area (Å²) in [6, 6.07) is 24.6. The molecule has 0 saturated heterocycles. The summed E-state index contributed by atoms with van der Waals surface area (Å²) < 4.78 is 13.4. The number of hydrogen-bond donors (Lipinski definition) is 0. The van der Waals surface area contributed by atoms with Crippen LogP contribution in [-0.2, 0) is 0 Å². The van der Waals surface area contributed by atoms with Gasteiger partial charge in [0.25, 0.3) is 0 Å². The topological polar surface area (TPSA) is 0 Å². The third kappa shape index (κ3) is 5.33. The highest BCUT2D eigenvalue weighted by molar-refractivity contribution is 6.20. The summed E-state index contributed by atoms with van der Waals surface area (Å²) in [7, 11) is 0. The van der Waals surface area contributed by atoms with Crippen molar-refractivity contribution in [2.45, 2.75) is 12.8 Å². The van der Waals surface area contributed by atoms with Crippen molar-refractivity contribution in [1.82, 2.24) is 0 Å². The van der Waals surface area contributed by atoms with E-state index in [4.69, 9.17) is 11.6 Å². The summed E-state index contributed by atoms with van der Waals surface area (Å²) in [6.45, 7) is 2.06. The Morgan fingerprint density at radius 1 is 0.963 bits per heavy atom. The van der Waals surface area contributed by atoms with E-state index in [1.54, 1.807) is 12.1 Å². The van der Waals surface area contributed by atoms with Crippen LogP contribution in [0.15, 0.2) is 84.4 Å². The van der Waals surface area contributed by atoms with Crippen LogP contribution in [-0.4, -0.2) is 5.88 Å². The molecule has 0 amide bonds. The molecule has 0 aliphatic carbocycles. The average molecular weight is 375 g/mol. The maximum absolute atomic E-state index is 13.4. The van der Waals surface area contributed by atoms with Gasteiger partial charge in [0.2, 0.25) is 0 Å². The third-order valence-electron chi connectivity index (χ3n) is 4.29. The van der Waals surface area contributed by atoms with Gasteiger partial charge in [0.15, 0.2) is 0 Å². The summed E-state index contributed by atoms with van der Waals surface area (Å²) in [5, 5.41) is 0. The van der Waals surface area contributed by atoms with Crippen molar-refractivity contribution in [3.8, 4) is 11.8 Å². The second-order valence-electron chi connectivity index (χ2n) is 6.38. The van der Waals surface area contributed by atoms with E-state index in [1.807, 2.05) is 30.3 Å². The van der Waals surface area contributed by atoms with Crippen molar-refractivity contribution in [3.63, 3.8) is 0 Å². The number of hydrogen-bond acceptors (Lipinski definition) is 0. The lowest BCUT2D eigenvalue weighted by Crippen LogP contribution is -2.02. The highest BCUT2D eigenvalue weighted by atomic mass is 35.5. The molecule has 0 aliphatic heterocycles. The zero-order valence-electron chi connectivity index (χ0n) is 15.1. The van der Waals surface area contributed by atoms with Crippen LogP contribution in [0.4, 0.5) is 4.39 Å². The third-order valence-corrected chi connectivity index (χ3v) is 4.60. The van der Waals surface area contributed by atoms with Crippen molar-refractivity contribution in [2.24, 2.45) is 0 Å². The van der Waals surface area contributed by atoms with E-state index in [-0.39, 0.29) is 11.7 Å². The van der Waals surface area contributed by atoms with Crippen molar-refractivity contribution in [1.29, 1.82) is 0 Å². The number of benzene rings is 3. The van der Waals surface area contributed by atoms with E-state index < -0.39 is 0 Å². The van der Waals surface area contributed by atoms with Crippen molar-refractivity contribution >= 4 is 17.7 Å². The number of halogens is 2. The van der Waals surface area contributed by atoms with E-state index in [2.05, 4.69) is 49.1 Å². The second-order valence-corrected chi connectivity index (χ2v) is 6.65. The maximum atomic E-state index is 13.4. The highest BCUT2D eigenvalue weighted by Gasteiger charge is 2.14. The van der Waals surface area contributed by atoms with Crippen molar-refractivity contribution in [2.75, 3.05) is 5.88 Å². The van der Waals surface area contributed by atoms with E-state index in [0.717, 1.165) is 22.3 Å². The van der Waals surface area contributed by atoms with Crippen LogP contribution in [0.1, 0.15) is 28.2 Å². The molecular weight excluding hydrogens is 355 g/mol. The predicted octanol–water partition coefficient (Wildman–Crippen LogP) is 6.59. The summed E-state index contributed by atoms with van der Waals surface area (Å²) in [5.74, 6) is 6.44. The van der Waals surface area contributed by atoms with Crippen LogP contribution < -0.4 is 0 Å². The first-order valence-corrected chi connectivity index (χ1v) is 9.34. The monoisotopic (exact) mass is 374 g/mol. The second kappa shape index (κ2) is 9.21. The quantitative estimate of drug-likeness (QED) is 0.357. The minimum absolute atomic E-state index is 0.204. The average Bonchev–Trinajstić information content (AvgIpc) is 2.70. The molecule has 27 heavy (non-hydrogen) atoms. The SMILES string of the molecule is Cc1ccc(/C=C(\CCl)C(C#Cc2ccccc2)c2ccc(F)cc2)cc1. The molecule has 0 nitrogen and oxygen atoms in total. The number of aryl methyl sites for hydroxylation is 1. The summed E-state index contributed by atoms with van der Waals surface area (Å²) in [6.07, 6.45) is 2.07. The maximum Gasteiger partial charge on any atom is 0.123 e. The Balaban J connectivity index is 2.03. The molecule has 0 fully saturated rings. The Morgan fingerprint density at radius 3 is 2.26 bits per heavy atom. The van der Waals surface area contributed by atoms with Gasteiger partial charge >= 0.3 is 0 Å². The molecule has 0 radical (unpaired) electrons. The lowest BCUT2D eigenvalue weighted by molar-refractivity contribution is 0.627. The van der Waals surface area contributed by atoms with Gasteiger partial charge in [-0.15, -0.1) is 11.6 Å². The molecule has 0 saturated carbocycles. The van der Waals surface area contributed by atoms with Gasteiger partial charge in [0.05, 0.1) is 5.92 Å². The zero-order valence-corrected chi connectivity index (χ0v) is 15.9. The van der Waals surface area contributed by atoms with Crippen LogP contribution in [0, 0.1) is 24.6 Å². The molecule has 0 aromatic heterocycles. The lowest BCUT2D eigenvalue weighted by atomic mass is 9.90. The Kier molecular flexibility index (Phi) is 6.47. The minimum Gasteiger partial charge on any atom is -0.207 e. The first-order chi connectivity index (χ1) is 13.2. The Bertz CT molecular complexity index is 959. The van der Waals surface area contributed by atoms with Crippen molar-refractivity contribution in [3.05, 3.63) is 113 Å². The minimum atomic E-state index is -0.261. The lowest BCUT2D eigenvalue weighted by Gasteiger charge is -2.14. The molecular formula is C25H20ClF. The molecule has 1 unspecified atom stereocenters. The first-order valence-electron chi connectivity index (χ1n) is 8.81. The molecule has 0 N–H and O–H groups in total. The van der Waals surface area contributed by atoms with E-state index in [9.17, 15) is 4.39 Å². The van der Waals surface area contributed by atoms with Gasteiger partial charge in [-0.05, 0) is 47.9 Å². The number of allylic oxidation sites excluding steroid dienone is 1. The number of alkyl halides is 1. The molecule has 0 bridgehead atoms. The summed E-state index contributed by atoms with van der Waals surface area (Å²) >= 11 is 6.30. The van der Waals surface area contributed by atoms with E-state index >= 15 is 0 Å². The molecule has 3 aromatic rings. The van der Waals surface area contributed by atoms with Crippen LogP contribution in [0.5, 0.6) is 0 Å². The van der Waals surface area contributed by atoms with Gasteiger partial charge in [-0.3, -0.25) is 0 Å². The van der Waals surface area contributed by atoms with Gasteiger partial charge in [-0.2, -0.15) is 0 Å². The molecule has 0 spiro atoms. The van der Waals surface area contributed by atoms with Gasteiger partial charge in [-0.1, -0.05) is 78.1 Å². The van der Waals surface area contributed by atoms with Gasteiger partial charge in [-0.25, -0.2) is 4.39 Å². The predicted molar refractivity (Wildman–Crippen MR) is 112 cm³/mol. The summed E-state index contributed by atoms with van der Waals surface area (Å²) in [4.78, 5) is 0. The normalized spacial score (nSPS) is 12.2. The van der Waals surface area contributed by atoms with Crippen LogP contribution in [0.25, 0.3) is 6.08 Å². The highest BCUT2D eigenvalue weighted by Crippen LogP contribution is 2.27. The molecule has 0 heterocycles. The fourth-order valence-corrected chi connectivity index (χ4v) is 3.03. The van der Waals surface area contributed by atoms with Crippen LogP contribution in [0.3, 0.4) is 0 Å². The molecule has 0 aliphatic rings. The molecule has 2 heteroatoms. The van der Waals surface area contributed by atoms with E-state index in [1.165, 1.54) is 17.7 Å². The standard InChI is InChI=1S/C25H20ClF/c1-19-7-9-21(10-8-19)17-23(18-26)25(22-12-14-24(27)15-13-22)16-11-20-5-3-2-4-6-20/h2-10,12-15,17,25H,18H2,1H3/b23-17+. The molecule has 134 valence electrons. The largest absolute Gasteiger partial charge is 0.207 e. The fraction of sp³-hybridized carbons (Fsp3) is 0.120.